The SMILES string of the molecule is Cc1ccc(C2(c3ccccc3)c3ccccc3-c3ccc(N(c4ccccc4)c4ccc5c(c4)C(c4ccc(C)cc4)(c4ccc(C)cc4)c4ccccc4-5)cc32)cc1. The van der Waals surface area contributed by atoms with Crippen LogP contribution in [0.3, 0.4) is 0 Å². The number of hydrogen-bond acceptors (Lipinski definition) is 1. The molecular formula is C59H45N. The molecule has 1 nitrogen and oxygen atoms in total. The fourth-order valence-corrected chi connectivity index (χ4v) is 10.5. The molecule has 9 aromatic carbocycles. The highest BCUT2D eigenvalue weighted by molar-refractivity contribution is 5.92. The van der Waals surface area contributed by atoms with Gasteiger partial charge in [0.2, 0.25) is 0 Å². The minimum Gasteiger partial charge on any atom is -0.310 e. The van der Waals surface area contributed by atoms with E-state index < -0.39 is 10.8 Å². The van der Waals surface area contributed by atoms with Crippen LogP contribution in [-0.2, 0) is 10.8 Å². The monoisotopic (exact) mass is 767 g/mol. The number of nitrogens with zero attached hydrogens (tertiary/aromatic N) is 1. The van der Waals surface area contributed by atoms with Gasteiger partial charge in [-0.15, -0.1) is 0 Å². The van der Waals surface area contributed by atoms with Crippen molar-refractivity contribution in [1.29, 1.82) is 0 Å². The van der Waals surface area contributed by atoms with Gasteiger partial charge in [0.1, 0.15) is 0 Å². The first-order valence-corrected chi connectivity index (χ1v) is 21.1. The number of rotatable bonds is 7. The molecule has 0 radical (unpaired) electrons. The summed E-state index contributed by atoms with van der Waals surface area (Å²) in [5.74, 6) is 0. The molecule has 0 fully saturated rings. The van der Waals surface area contributed by atoms with E-state index in [0.717, 1.165) is 17.1 Å². The third-order valence-corrected chi connectivity index (χ3v) is 13.2. The second-order valence-electron chi connectivity index (χ2n) is 16.7. The van der Waals surface area contributed by atoms with Gasteiger partial charge in [0.15, 0.2) is 0 Å². The van der Waals surface area contributed by atoms with Crippen LogP contribution in [0.25, 0.3) is 22.3 Å². The number of hydrogen-bond donors (Lipinski definition) is 0. The summed E-state index contributed by atoms with van der Waals surface area (Å²) in [7, 11) is 0. The first-order valence-electron chi connectivity index (χ1n) is 21.1. The van der Waals surface area contributed by atoms with Gasteiger partial charge < -0.3 is 4.90 Å². The van der Waals surface area contributed by atoms with E-state index >= 15 is 0 Å². The average Bonchev–Trinajstić information content (AvgIpc) is 3.76. The van der Waals surface area contributed by atoms with Crippen LogP contribution < -0.4 is 4.90 Å². The minimum absolute atomic E-state index is 0.509. The zero-order valence-electron chi connectivity index (χ0n) is 34.2. The van der Waals surface area contributed by atoms with Crippen molar-refractivity contribution in [3.8, 4) is 22.3 Å². The van der Waals surface area contributed by atoms with E-state index in [4.69, 9.17) is 0 Å². The molecule has 2 aliphatic carbocycles. The largest absolute Gasteiger partial charge is 0.310 e. The molecule has 11 rings (SSSR count). The number of anilines is 3. The molecule has 0 amide bonds. The van der Waals surface area contributed by atoms with Crippen LogP contribution in [0.15, 0.2) is 218 Å². The summed E-state index contributed by atoms with van der Waals surface area (Å²) >= 11 is 0. The van der Waals surface area contributed by atoms with Gasteiger partial charge in [0.25, 0.3) is 0 Å². The standard InChI is InChI=1S/C59H45N/c1-40-22-28-44(29-23-40)58(43-14-6-4-7-15-43)54-20-12-10-18-50(54)52-36-34-48(38-56(52)58)60(47-16-8-5-9-17-47)49-35-37-53-51-19-11-13-21-55(51)59(57(53)39-49,45-30-24-41(2)25-31-45)46-32-26-42(3)27-33-46/h4-39H,1-3H3. The van der Waals surface area contributed by atoms with Crippen molar-refractivity contribution in [3.63, 3.8) is 0 Å². The first kappa shape index (κ1) is 35.9. The summed E-state index contributed by atoms with van der Waals surface area (Å²) in [5, 5.41) is 0. The van der Waals surface area contributed by atoms with Gasteiger partial charge >= 0.3 is 0 Å². The molecule has 60 heavy (non-hydrogen) atoms. The Morgan fingerprint density at radius 3 is 1.02 bits per heavy atom. The van der Waals surface area contributed by atoms with Crippen molar-refractivity contribution in [2.45, 2.75) is 31.6 Å². The van der Waals surface area contributed by atoms with Crippen LogP contribution in [0.5, 0.6) is 0 Å². The van der Waals surface area contributed by atoms with Crippen molar-refractivity contribution in [1.82, 2.24) is 0 Å². The van der Waals surface area contributed by atoms with E-state index in [1.807, 2.05) is 0 Å². The third-order valence-electron chi connectivity index (χ3n) is 13.2. The van der Waals surface area contributed by atoms with Crippen molar-refractivity contribution < 1.29 is 0 Å². The van der Waals surface area contributed by atoms with Gasteiger partial charge in [-0.1, -0.05) is 199 Å². The number of benzene rings is 9. The van der Waals surface area contributed by atoms with Gasteiger partial charge in [-0.2, -0.15) is 0 Å². The molecule has 2 aliphatic rings. The topological polar surface area (TPSA) is 3.24 Å². The number of fused-ring (bicyclic) bond motifs is 6. The Kier molecular flexibility index (Phi) is 8.36. The molecule has 0 bridgehead atoms. The zero-order valence-corrected chi connectivity index (χ0v) is 34.2. The smallest absolute Gasteiger partial charge is 0.0714 e. The average molecular weight is 768 g/mol. The Labute approximate surface area is 353 Å². The number of aryl methyl sites for hydroxylation is 3. The maximum Gasteiger partial charge on any atom is 0.0714 e. The highest BCUT2D eigenvalue weighted by atomic mass is 15.1. The van der Waals surface area contributed by atoms with Crippen LogP contribution in [0.4, 0.5) is 17.1 Å². The summed E-state index contributed by atoms with van der Waals surface area (Å²) < 4.78 is 0. The molecule has 1 unspecified atom stereocenters. The molecule has 0 saturated carbocycles. The zero-order chi connectivity index (χ0) is 40.4. The fourth-order valence-electron chi connectivity index (χ4n) is 10.5. The van der Waals surface area contributed by atoms with Gasteiger partial charge in [0, 0.05) is 17.1 Å². The van der Waals surface area contributed by atoms with Crippen molar-refractivity contribution in [2.75, 3.05) is 4.90 Å². The van der Waals surface area contributed by atoms with Crippen molar-refractivity contribution >= 4 is 17.1 Å². The van der Waals surface area contributed by atoms with Gasteiger partial charge in [-0.3, -0.25) is 0 Å². The maximum absolute atomic E-state index is 2.48. The lowest BCUT2D eigenvalue weighted by Crippen LogP contribution is -2.29. The normalized spacial score (nSPS) is 15.4. The van der Waals surface area contributed by atoms with E-state index in [-0.39, 0.29) is 0 Å². The molecule has 9 aromatic rings. The van der Waals surface area contributed by atoms with E-state index in [1.54, 1.807) is 0 Å². The Morgan fingerprint density at radius 1 is 0.267 bits per heavy atom. The molecular weight excluding hydrogens is 723 g/mol. The van der Waals surface area contributed by atoms with Gasteiger partial charge in [0.05, 0.1) is 10.8 Å². The third kappa shape index (κ3) is 5.25. The first-order chi connectivity index (χ1) is 29.5. The van der Waals surface area contributed by atoms with E-state index in [2.05, 4.69) is 244 Å². The molecule has 0 aliphatic heterocycles. The highest BCUT2D eigenvalue weighted by Gasteiger charge is 2.48. The molecule has 0 saturated heterocycles. The summed E-state index contributed by atoms with van der Waals surface area (Å²) in [6.07, 6.45) is 0. The Balaban J connectivity index is 1.18. The number of para-hydroxylation sites is 1. The molecule has 1 atom stereocenters. The van der Waals surface area contributed by atoms with Gasteiger partial charge in [-0.05, 0) is 124 Å². The summed E-state index contributed by atoms with van der Waals surface area (Å²) in [6, 6.07) is 82.0. The minimum atomic E-state index is -0.515. The summed E-state index contributed by atoms with van der Waals surface area (Å²) in [5.41, 5.74) is 21.5. The molecule has 1 heteroatoms. The van der Waals surface area contributed by atoms with Crippen LogP contribution in [0.1, 0.15) is 61.2 Å². The van der Waals surface area contributed by atoms with Crippen LogP contribution in [-0.4, -0.2) is 0 Å². The molecule has 0 heterocycles. The lowest BCUT2D eigenvalue weighted by Gasteiger charge is -2.36. The lowest BCUT2D eigenvalue weighted by molar-refractivity contribution is 0.766. The van der Waals surface area contributed by atoms with Crippen LogP contribution >= 0.6 is 0 Å². The summed E-state index contributed by atoms with van der Waals surface area (Å²) in [4.78, 5) is 2.46. The van der Waals surface area contributed by atoms with Crippen LogP contribution in [0.2, 0.25) is 0 Å². The predicted molar refractivity (Wildman–Crippen MR) is 250 cm³/mol. The quantitative estimate of drug-likeness (QED) is 0.156. The maximum atomic E-state index is 2.48. The predicted octanol–water partition coefficient (Wildman–Crippen LogP) is 14.8. The molecule has 286 valence electrons. The molecule has 0 N–H and O–H groups in total. The Bertz CT molecular complexity index is 2990. The molecule has 0 aromatic heterocycles. The van der Waals surface area contributed by atoms with E-state index in [9.17, 15) is 0 Å². The second-order valence-corrected chi connectivity index (χ2v) is 16.7. The van der Waals surface area contributed by atoms with Crippen LogP contribution in [0, 0.1) is 20.8 Å². The summed E-state index contributed by atoms with van der Waals surface area (Å²) in [6.45, 7) is 6.52. The lowest BCUT2D eigenvalue weighted by atomic mass is 9.67. The highest BCUT2D eigenvalue weighted by Crippen LogP contribution is 2.59. The van der Waals surface area contributed by atoms with Crippen molar-refractivity contribution in [2.24, 2.45) is 0 Å². The Morgan fingerprint density at radius 2 is 0.600 bits per heavy atom. The fraction of sp³-hybridized carbons (Fsp3) is 0.0847. The van der Waals surface area contributed by atoms with Gasteiger partial charge in [-0.25, -0.2) is 0 Å². The van der Waals surface area contributed by atoms with E-state index in [1.165, 1.54) is 83.5 Å². The van der Waals surface area contributed by atoms with E-state index in [0.29, 0.717) is 0 Å². The van der Waals surface area contributed by atoms with Crippen molar-refractivity contribution in [3.05, 3.63) is 280 Å². The molecule has 0 spiro atoms. The Hall–Kier alpha value is -7.22. The second kappa shape index (κ2) is 14.0.